The van der Waals surface area contributed by atoms with Gasteiger partial charge in [-0.15, -0.1) is 0 Å². The lowest BCUT2D eigenvalue weighted by Gasteiger charge is -2.15. The lowest BCUT2D eigenvalue weighted by molar-refractivity contribution is 0.216. The van der Waals surface area contributed by atoms with Crippen molar-refractivity contribution in [1.82, 2.24) is 4.31 Å². The van der Waals surface area contributed by atoms with E-state index >= 15 is 0 Å². The van der Waals surface area contributed by atoms with Gasteiger partial charge in [0.15, 0.2) is 0 Å². The molecule has 1 atom stereocenters. The van der Waals surface area contributed by atoms with Crippen LogP contribution < -0.4 is 4.74 Å². The second-order valence-corrected chi connectivity index (χ2v) is 6.38. The zero-order chi connectivity index (χ0) is 13.3. The normalized spacial score (nSPS) is 20.6. The molecule has 1 aromatic carbocycles. The Morgan fingerprint density at radius 1 is 1.33 bits per heavy atom. The molecule has 6 heteroatoms. The molecular weight excluding hydrogens is 318 g/mol. The average Bonchev–Trinajstić information content (AvgIpc) is 2.74. The van der Waals surface area contributed by atoms with Gasteiger partial charge in [-0.25, -0.2) is 12.7 Å². The van der Waals surface area contributed by atoms with Crippen LogP contribution in [0.4, 0.5) is 0 Å². The second kappa shape index (κ2) is 5.59. The van der Waals surface area contributed by atoms with Gasteiger partial charge in [-0.1, -0.05) is 15.9 Å². The number of rotatable bonds is 3. The van der Waals surface area contributed by atoms with Gasteiger partial charge in [0.1, 0.15) is 11.9 Å². The highest BCUT2D eigenvalue weighted by molar-refractivity contribution is 9.10. The Bertz CT molecular complexity index is 499. The molecule has 0 spiro atoms. The first-order valence-corrected chi connectivity index (χ1v) is 7.72. The van der Waals surface area contributed by atoms with E-state index in [9.17, 15) is 8.42 Å². The fourth-order valence-corrected chi connectivity index (χ4v) is 2.94. The number of thiol groups is 1. The van der Waals surface area contributed by atoms with E-state index in [0.717, 1.165) is 27.8 Å². The number of nitrogens with zero attached hydrogens (tertiary/aromatic N) is 1. The second-order valence-electron chi connectivity index (χ2n) is 4.55. The third-order valence-electron chi connectivity index (χ3n) is 3.07. The summed E-state index contributed by atoms with van der Waals surface area (Å²) < 4.78 is 30.1. The van der Waals surface area contributed by atoms with Crippen molar-refractivity contribution in [1.29, 1.82) is 0 Å². The van der Waals surface area contributed by atoms with Crippen LogP contribution in [0, 0.1) is 13.8 Å². The lowest BCUT2D eigenvalue weighted by atomic mass is 10.1. The molecule has 1 heterocycles. The van der Waals surface area contributed by atoms with E-state index in [-0.39, 0.29) is 6.10 Å². The molecule has 0 saturated carbocycles. The monoisotopic (exact) mass is 333 g/mol. The molecule has 2 rings (SSSR count). The number of benzene rings is 1. The minimum absolute atomic E-state index is 0.0436. The smallest absolute Gasteiger partial charge is 0.204 e. The van der Waals surface area contributed by atoms with Gasteiger partial charge in [-0.2, -0.15) is 0 Å². The van der Waals surface area contributed by atoms with Gasteiger partial charge >= 0.3 is 0 Å². The molecule has 0 aromatic heterocycles. The van der Waals surface area contributed by atoms with E-state index in [0.29, 0.717) is 13.1 Å². The van der Waals surface area contributed by atoms with Gasteiger partial charge in [0.05, 0.1) is 6.54 Å². The summed E-state index contributed by atoms with van der Waals surface area (Å²) in [6.45, 7) is 5.03. The number of hydrogen-bond donors (Lipinski definition) is 1. The first-order chi connectivity index (χ1) is 8.47. The Labute approximate surface area is 117 Å². The predicted molar refractivity (Wildman–Crippen MR) is 74.5 cm³/mol. The Morgan fingerprint density at radius 2 is 1.94 bits per heavy atom. The summed E-state index contributed by atoms with van der Waals surface area (Å²) >= 11 is 3.51. The van der Waals surface area contributed by atoms with Crippen LogP contribution in [0.15, 0.2) is 16.6 Å². The molecule has 0 aliphatic carbocycles. The van der Waals surface area contributed by atoms with Gasteiger partial charge in [-0.05, 0) is 43.5 Å². The van der Waals surface area contributed by atoms with Gasteiger partial charge in [-0.3, -0.25) is 0 Å². The molecule has 1 aliphatic heterocycles. The molecular formula is C12H16BrNO3S. The van der Waals surface area contributed by atoms with Crippen LogP contribution in [-0.4, -0.2) is 31.9 Å². The minimum Gasteiger partial charge on any atom is -0.489 e. The summed E-state index contributed by atoms with van der Waals surface area (Å²) in [6.07, 6.45) is 0.704. The molecule has 4 nitrogen and oxygen atoms in total. The van der Waals surface area contributed by atoms with E-state index in [1.165, 1.54) is 4.31 Å². The van der Waals surface area contributed by atoms with E-state index in [1.807, 2.05) is 26.0 Å². The molecule has 0 unspecified atom stereocenters. The molecule has 18 heavy (non-hydrogen) atoms. The van der Waals surface area contributed by atoms with Crippen molar-refractivity contribution >= 4 is 26.8 Å². The summed E-state index contributed by atoms with van der Waals surface area (Å²) in [5.41, 5.74) is 2.24. The Hall–Kier alpha value is -0.590. The molecule has 1 fully saturated rings. The number of halogens is 1. The maximum absolute atomic E-state index is 10.9. The molecule has 0 N–H and O–H groups in total. The van der Waals surface area contributed by atoms with Crippen LogP contribution >= 0.6 is 15.9 Å². The summed E-state index contributed by atoms with van der Waals surface area (Å²) in [7, 11) is -2.47. The molecule has 1 saturated heterocycles. The van der Waals surface area contributed by atoms with Crippen molar-refractivity contribution in [2.45, 2.75) is 26.4 Å². The maximum atomic E-state index is 10.9. The maximum Gasteiger partial charge on any atom is 0.204 e. The average molecular weight is 334 g/mol. The fraction of sp³-hybridized carbons (Fsp3) is 0.500. The highest BCUT2D eigenvalue weighted by atomic mass is 79.9. The largest absolute Gasteiger partial charge is 0.489 e. The number of ether oxygens (including phenoxy) is 1. The molecule has 100 valence electrons. The van der Waals surface area contributed by atoms with E-state index < -0.39 is 10.9 Å². The predicted octanol–water partition coefficient (Wildman–Crippen LogP) is 2.05. The summed E-state index contributed by atoms with van der Waals surface area (Å²) in [4.78, 5) is 0. The fourth-order valence-electron chi connectivity index (χ4n) is 2.12. The Balaban J connectivity index is 2.07. The van der Waals surface area contributed by atoms with Crippen LogP contribution in [0.25, 0.3) is 0 Å². The van der Waals surface area contributed by atoms with Crippen LogP contribution in [0.3, 0.4) is 0 Å². The van der Waals surface area contributed by atoms with E-state index in [1.54, 1.807) is 0 Å². The zero-order valence-corrected chi connectivity index (χ0v) is 12.8. The lowest BCUT2D eigenvalue weighted by Crippen LogP contribution is -2.23. The highest BCUT2D eigenvalue weighted by Gasteiger charge is 2.25. The number of aryl methyl sites for hydroxylation is 2. The van der Waals surface area contributed by atoms with E-state index in [2.05, 4.69) is 15.9 Å². The molecule has 1 aliphatic rings. The SMILES string of the molecule is Cc1cc(O[C@@H]2CCN([SH](=O)=O)C2)cc(C)c1Br. The van der Waals surface area contributed by atoms with Crippen LogP contribution in [0.2, 0.25) is 0 Å². The zero-order valence-electron chi connectivity index (χ0n) is 10.4. The van der Waals surface area contributed by atoms with Gasteiger partial charge < -0.3 is 4.74 Å². The van der Waals surface area contributed by atoms with Crippen molar-refractivity contribution in [2.75, 3.05) is 13.1 Å². The van der Waals surface area contributed by atoms with Gasteiger partial charge in [0.2, 0.25) is 10.9 Å². The molecule has 0 amide bonds. The molecule has 0 bridgehead atoms. The first kappa shape index (κ1) is 13.8. The van der Waals surface area contributed by atoms with Crippen LogP contribution in [-0.2, 0) is 10.9 Å². The minimum atomic E-state index is -2.47. The topological polar surface area (TPSA) is 46.6 Å². The molecule has 1 aromatic rings. The Morgan fingerprint density at radius 3 is 2.44 bits per heavy atom. The Kier molecular flexibility index (Phi) is 4.29. The van der Waals surface area contributed by atoms with Crippen molar-refractivity contribution < 1.29 is 13.2 Å². The van der Waals surface area contributed by atoms with Crippen molar-refractivity contribution in [3.63, 3.8) is 0 Å². The molecule has 0 radical (unpaired) electrons. The standard InChI is InChI=1S/C12H16BrNO3S/c1-8-5-11(6-9(2)12(8)13)17-10-3-4-14(7-10)18(15)16/h5-6,10,18H,3-4,7H2,1-2H3/t10-/m1/s1. The van der Waals surface area contributed by atoms with Crippen LogP contribution in [0.5, 0.6) is 5.75 Å². The summed E-state index contributed by atoms with van der Waals surface area (Å²) in [5.74, 6) is 0.807. The van der Waals surface area contributed by atoms with Gasteiger partial charge in [0.25, 0.3) is 0 Å². The van der Waals surface area contributed by atoms with Crippen molar-refractivity contribution in [3.8, 4) is 5.75 Å². The van der Waals surface area contributed by atoms with Crippen molar-refractivity contribution in [2.24, 2.45) is 0 Å². The van der Waals surface area contributed by atoms with Gasteiger partial charge in [0, 0.05) is 11.0 Å². The van der Waals surface area contributed by atoms with Crippen LogP contribution in [0.1, 0.15) is 17.5 Å². The quantitative estimate of drug-likeness (QED) is 0.861. The first-order valence-electron chi connectivity index (χ1n) is 5.80. The number of hydrogen-bond acceptors (Lipinski definition) is 3. The van der Waals surface area contributed by atoms with Crippen molar-refractivity contribution in [3.05, 3.63) is 27.7 Å². The summed E-state index contributed by atoms with van der Waals surface area (Å²) in [6, 6.07) is 3.94. The highest BCUT2D eigenvalue weighted by Crippen LogP contribution is 2.28. The van der Waals surface area contributed by atoms with E-state index in [4.69, 9.17) is 4.74 Å². The third-order valence-corrected chi connectivity index (χ3v) is 5.14. The summed E-state index contributed by atoms with van der Waals surface area (Å²) in [5, 5.41) is 0. The third kappa shape index (κ3) is 3.05.